The first kappa shape index (κ1) is 21.5. The lowest BCUT2D eigenvalue weighted by atomic mass is 9.95. The van der Waals surface area contributed by atoms with Crippen LogP contribution in [0.4, 0.5) is 24.7 Å². The van der Waals surface area contributed by atoms with Gasteiger partial charge in [-0.15, -0.1) is 0 Å². The van der Waals surface area contributed by atoms with Crippen LogP contribution in [0.5, 0.6) is 0 Å². The van der Waals surface area contributed by atoms with Crippen molar-refractivity contribution in [1.29, 1.82) is 0 Å². The van der Waals surface area contributed by atoms with Crippen molar-refractivity contribution in [1.82, 2.24) is 15.3 Å². The second kappa shape index (κ2) is 9.10. The summed E-state index contributed by atoms with van der Waals surface area (Å²) in [5.74, 6) is -0.404. The first-order chi connectivity index (χ1) is 14.3. The van der Waals surface area contributed by atoms with Gasteiger partial charge in [0.05, 0.1) is 17.4 Å². The van der Waals surface area contributed by atoms with Gasteiger partial charge in [-0.25, -0.2) is 9.97 Å². The van der Waals surface area contributed by atoms with Crippen molar-refractivity contribution < 1.29 is 22.8 Å². The van der Waals surface area contributed by atoms with E-state index in [2.05, 4.69) is 20.6 Å². The monoisotopic (exact) mass is 421 g/mol. The summed E-state index contributed by atoms with van der Waals surface area (Å²) in [7, 11) is 0. The van der Waals surface area contributed by atoms with Crippen molar-refractivity contribution in [3.05, 3.63) is 47.9 Å². The van der Waals surface area contributed by atoms with Crippen molar-refractivity contribution in [3.63, 3.8) is 0 Å². The molecule has 1 aromatic carbocycles. The number of rotatable bonds is 5. The highest BCUT2D eigenvalue weighted by atomic mass is 19.4. The Bertz CT molecular complexity index is 911. The van der Waals surface area contributed by atoms with Crippen LogP contribution in [-0.2, 0) is 22.3 Å². The van der Waals surface area contributed by atoms with E-state index < -0.39 is 11.7 Å². The summed E-state index contributed by atoms with van der Waals surface area (Å²) in [6.07, 6.45) is -0.459. The average Bonchev–Trinajstić information content (AvgIpc) is 2.72. The minimum Gasteiger partial charge on any atom is -0.367 e. The number of amides is 2. The molecule has 2 heterocycles. The van der Waals surface area contributed by atoms with Gasteiger partial charge in [0.1, 0.15) is 6.33 Å². The highest BCUT2D eigenvalue weighted by molar-refractivity contribution is 5.91. The number of carbonyl (C=O) groups is 2. The van der Waals surface area contributed by atoms with Gasteiger partial charge in [0.25, 0.3) is 0 Å². The van der Waals surface area contributed by atoms with E-state index in [1.54, 1.807) is 6.20 Å². The zero-order valence-corrected chi connectivity index (χ0v) is 16.4. The van der Waals surface area contributed by atoms with Gasteiger partial charge in [0, 0.05) is 32.5 Å². The summed E-state index contributed by atoms with van der Waals surface area (Å²) in [6.45, 7) is 2.29. The van der Waals surface area contributed by atoms with Crippen molar-refractivity contribution in [2.24, 2.45) is 5.92 Å². The molecule has 7 nitrogen and oxygen atoms in total. The number of alkyl halides is 3. The number of piperidine rings is 1. The first-order valence-corrected chi connectivity index (χ1v) is 9.51. The van der Waals surface area contributed by atoms with Crippen LogP contribution in [0.1, 0.15) is 30.9 Å². The molecule has 0 saturated carbocycles. The van der Waals surface area contributed by atoms with Gasteiger partial charge in [-0.1, -0.05) is 18.2 Å². The minimum absolute atomic E-state index is 0.0390. The Hall–Kier alpha value is -3.17. The molecule has 1 aliphatic rings. The predicted octanol–water partition coefficient (Wildman–Crippen LogP) is 2.99. The Morgan fingerprint density at radius 3 is 2.57 bits per heavy atom. The van der Waals surface area contributed by atoms with Crippen LogP contribution >= 0.6 is 0 Å². The van der Waals surface area contributed by atoms with Crippen LogP contribution in [0.15, 0.2) is 36.8 Å². The SMILES string of the molecule is CC(=O)Nc1ncncc1N1CCC(C(=O)NCc2ccccc2C(F)(F)F)CC1. The van der Waals surface area contributed by atoms with E-state index in [0.29, 0.717) is 37.4 Å². The topological polar surface area (TPSA) is 87.2 Å². The van der Waals surface area contributed by atoms with Gasteiger partial charge >= 0.3 is 6.18 Å². The lowest BCUT2D eigenvalue weighted by Crippen LogP contribution is -2.41. The van der Waals surface area contributed by atoms with E-state index in [4.69, 9.17) is 0 Å². The van der Waals surface area contributed by atoms with Gasteiger partial charge < -0.3 is 15.5 Å². The van der Waals surface area contributed by atoms with Gasteiger partial charge in [-0.2, -0.15) is 13.2 Å². The minimum atomic E-state index is -4.46. The van der Waals surface area contributed by atoms with E-state index in [1.165, 1.54) is 31.5 Å². The quantitative estimate of drug-likeness (QED) is 0.775. The summed E-state index contributed by atoms with van der Waals surface area (Å²) in [4.78, 5) is 33.9. The average molecular weight is 421 g/mol. The molecule has 10 heteroatoms. The Kier molecular flexibility index (Phi) is 6.53. The smallest absolute Gasteiger partial charge is 0.367 e. The molecule has 1 aromatic heterocycles. The van der Waals surface area contributed by atoms with E-state index in [1.807, 2.05) is 4.90 Å². The van der Waals surface area contributed by atoms with Crippen LogP contribution in [0, 0.1) is 5.92 Å². The third-order valence-electron chi connectivity index (χ3n) is 4.97. The molecule has 1 fully saturated rings. The molecule has 0 unspecified atom stereocenters. The molecule has 1 aliphatic heterocycles. The molecular weight excluding hydrogens is 399 g/mol. The number of nitrogens with one attached hydrogen (secondary N) is 2. The number of aromatic nitrogens is 2. The van der Waals surface area contributed by atoms with Crippen molar-refractivity contribution in [3.8, 4) is 0 Å². The zero-order valence-electron chi connectivity index (χ0n) is 16.4. The highest BCUT2D eigenvalue weighted by Crippen LogP contribution is 2.32. The second-order valence-corrected chi connectivity index (χ2v) is 7.07. The lowest BCUT2D eigenvalue weighted by molar-refractivity contribution is -0.138. The fraction of sp³-hybridized carbons (Fsp3) is 0.400. The van der Waals surface area contributed by atoms with E-state index in [9.17, 15) is 22.8 Å². The third kappa shape index (κ3) is 5.25. The largest absolute Gasteiger partial charge is 0.416 e. The molecule has 2 N–H and O–H groups in total. The van der Waals surface area contributed by atoms with E-state index >= 15 is 0 Å². The number of halogens is 3. The lowest BCUT2D eigenvalue weighted by Gasteiger charge is -2.33. The van der Waals surface area contributed by atoms with Crippen LogP contribution in [-0.4, -0.2) is 34.9 Å². The molecule has 3 rings (SSSR count). The van der Waals surface area contributed by atoms with Crippen LogP contribution in [0.3, 0.4) is 0 Å². The van der Waals surface area contributed by atoms with E-state index in [0.717, 1.165) is 6.07 Å². The maximum atomic E-state index is 13.1. The first-order valence-electron chi connectivity index (χ1n) is 9.51. The van der Waals surface area contributed by atoms with Gasteiger partial charge in [-0.3, -0.25) is 9.59 Å². The zero-order chi connectivity index (χ0) is 21.7. The van der Waals surface area contributed by atoms with E-state index in [-0.39, 0.29) is 29.8 Å². The number of nitrogens with zero attached hydrogens (tertiary/aromatic N) is 3. The summed E-state index contributed by atoms with van der Waals surface area (Å²) in [6, 6.07) is 5.22. The molecule has 2 aromatic rings. The highest BCUT2D eigenvalue weighted by Gasteiger charge is 2.33. The van der Waals surface area contributed by atoms with Crippen molar-refractivity contribution in [2.45, 2.75) is 32.5 Å². The molecular formula is C20H22F3N5O2. The normalized spacial score (nSPS) is 15.0. The Morgan fingerprint density at radius 1 is 1.20 bits per heavy atom. The number of carbonyl (C=O) groups excluding carboxylic acids is 2. The maximum Gasteiger partial charge on any atom is 0.416 e. The predicted molar refractivity (Wildman–Crippen MR) is 105 cm³/mol. The van der Waals surface area contributed by atoms with Crippen LogP contribution in [0.2, 0.25) is 0 Å². The molecule has 30 heavy (non-hydrogen) atoms. The summed E-state index contributed by atoms with van der Waals surface area (Å²) in [5, 5.41) is 5.29. The summed E-state index contributed by atoms with van der Waals surface area (Å²) >= 11 is 0. The number of benzene rings is 1. The molecule has 0 spiro atoms. The fourth-order valence-electron chi connectivity index (χ4n) is 3.48. The van der Waals surface area contributed by atoms with Gasteiger partial charge in [0.2, 0.25) is 11.8 Å². The maximum absolute atomic E-state index is 13.1. The molecule has 0 radical (unpaired) electrons. The molecule has 0 aliphatic carbocycles. The van der Waals surface area contributed by atoms with Crippen LogP contribution in [0.25, 0.3) is 0 Å². The Morgan fingerprint density at radius 2 is 1.90 bits per heavy atom. The standard InChI is InChI=1S/C20H22F3N5O2/c1-13(29)27-18-17(11-24-12-26-18)28-8-6-14(7-9-28)19(30)25-10-15-4-2-3-5-16(15)20(21,22)23/h2-5,11-12,14H,6-10H2,1H3,(H,25,30)(H,24,26,27,29). The molecule has 0 bridgehead atoms. The summed E-state index contributed by atoms with van der Waals surface area (Å²) in [5.41, 5.74) is -0.0301. The number of hydrogen-bond donors (Lipinski definition) is 2. The third-order valence-corrected chi connectivity index (χ3v) is 4.97. The summed E-state index contributed by atoms with van der Waals surface area (Å²) < 4.78 is 39.3. The van der Waals surface area contributed by atoms with Crippen molar-refractivity contribution in [2.75, 3.05) is 23.3 Å². The molecule has 2 amide bonds. The Labute approximate surface area is 171 Å². The molecule has 160 valence electrons. The van der Waals surface area contributed by atoms with Gasteiger partial charge in [-0.05, 0) is 24.5 Å². The second-order valence-electron chi connectivity index (χ2n) is 7.07. The van der Waals surface area contributed by atoms with Crippen LogP contribution < -0.4 is 15.5 Å². The van der Waals surface area contributed by atoms with Crippen molar-refractivity contribution >= 4 is 23.3 Å². The molecule has 0 atom stereocenters. The van der Waals surface area contributed by atoms with Gasteiger partial charge in [0.15, 0.2) is 5.82 Å². The molecule has 1 saturated heterocycles. The Balaban J connectivity index is 1.58. The number of anilines is 2. The fourth-order valence-corrected chi connectivity index (χ4v) is 3.48. The number of hydrogen-bond acceptors (Lipinski definition) is 5.